The average Bonchev–Trinajstić information content (AvgIpc) is 3.46. The van der Waals surface area contributed by atoms with Crippen molar-refractivity contribution in [3.05, 3.63) is 145 Å². The van der Waals surface area contributed by atoms with Crippen LogP contribution in [0.1, 0.15) is 5.56 Å². The maximum atomic E-state index is 6.80. The van der Waals surface area contributed by atoms with Gasteiger partial charge in [-0.1, -0.05) is 121 Å². The lowest BCUT2D eigenvalue weighted by molar-refractivity contribution is 0.667. The zero-order valence-electron chi connectivity index (χ0n) is 24.2. The zero-order valence-corrected chi connectivity index (χ0v) is 24.2. The molecule has 0 aliphatic heterocycles. The van der Waals surface area contributed by atoms with Crippen LogP contribution in [0.2, 0.25) is 0 Å². The molecule has 1 nitrogen and oxygen atoms in total. The largest absolute Gasteiger partial charge is 0.455 e. The van der Waals surface area contributed by atoms with E-state index in [1.54, 1.807) is 0 Å². The second kappa shape index (κ2) is 8.69. The molecule has 0 saturated carbocycles. The Morgan fingerprint density at radius 2 is 1.02 bits per heavy atom. The molecular weight excluding hydrogens is 532 g/mol. The summed E-state index contributed by atoms with van der Waals surface area (Å²) in [6.45, 7) is 2.18. The molecule has 1 heterocycles. The third-order valence-corrected chi connectivity index (χ3v) is 9.68. The summed E-state index contributed by atoms with van der Waals surface area (Å²) in [5.74, 6) is 0. The fourth-order valence-corrected chi connectivity index (χ4v) is 7.70. The van der Waals surface area contributed by atoms with Crippen molar-refractivity contribution in [2.75, 3.05) is 0 Å². The minimum atomic E-state index is 0.943. The Morgan fingerprint density at radius 3 is 1.89 bits per heavy atom. The van der Waals surface area contributed by atoms with E-state index in [4.69, 9.17) is 4.42 Å². The molecule has 0 unspecified atom stereocenters. The molecule has 0 aliphatic carbocycles. The second-order valence-electron chi connectivity index (χ2n) is 12.1. The summed E-state index contributed by atoms with van der Waals surface area (Å²) >= 11 is 0. The maximum absolute atomic E-state index is 6.80. The first kappa shape index (κ1) is 23.9. The van der Waals surface area contributed by atoms with Crippen molar-refractivity contribution in [1.82, 2.24) is 0 Å². The van der Waals surface area contributed by atoms with Crippen molar-refractivity contribution >= 4 is 75.8 Å². The number of aryl methyl sites for hydroxylation is 1. The monoisotopic (exact) mass is 558 g/mol. The van der Waals surface area contributed by atoms with E-state index in [-0.39, 0.29) is 0 Å². The first-order valence-corrected chi connectivity index (χ1v) is 15.3. The van der Waals surface area contributed by atoms with Crippen molar-refractivity contribution in [2.45, 2.75) is 6.92 Å². The standard InChI is InChI=1S/C43H26O/c1-25-22-30(32-20-18-28-17-16-26-9-6-10-27-19-21-35(32)41(28)40(26)27)24-39-37-15-7-14-36(43(37)44-42(25)39)38-23-29-8-2-3-11-31(29)33-12-4-5-13-34(33)38/h2-24H,1H3. The van der Waals surface area contributed by atoms with Crippen LogP contribution in [-0.2, 0) is 0 Å². The van der Waals surface area contributed by atoms with Gasteiger partial charge in [-0.05, 0) is 101 Å². The third-order valence-electron chi connectivity index (χ3n) is 9.68. The van der Waals surface area contributed by atoms with Crippen molar-refractivity contribution in [3.63, 3.8) is 0 Å². The summed E-state index contributed by atoms with van der Waals surface area (Å²) in [6, 6.07) is 51.2. The number of rotatable bonds is 2. The summed E-state index contributed by atoms with van der Waals surface area (Å²) in [7, 11) is 0. The smallest absolute Gasteiger partial charge is 0.143 e. The van der Waals surface area contributed by atoms with Crippen LogP contribution in [0.15, 0.2) is 144 Å². The van der Waals surface area contributed by atoms with Crippen molar-refractivity contribution in [3.8, 4) is 22.3 Å². The Bertz CT molecular complexity index is 2760. The van der Waals surface area contributed by atoms with Gasteiger partial charge in [-0.15, -0.1) is 0 Å². The zero-order chi connectivity index (χ0) is 28.9. The third kappa shape index (κ3) is 3.19. The Morgan fingerprint density at radius 1 is 0.364 bits per heavy atom. The van der Waals surface area contributed by atoms with E-state index in [1.807, 2.05) is 0 Å². The molecule has 0 fully saturated rings. The quantitative estimate of drug-likeness (QED) is 0.192. The Labute approximate surface area is 253 Å². The molecule has 10 rings (SSSR count). The van der Waals surface area contributed by atoms with E-state index >= 15 is 0 Å². The van der Waals surface area contributed by atoms with Crippen LogP contribution in [0, 0.1) is 6.92 Å². The van der Waals surface area contributed by atoms with Crippen LogP contribution in [0.25, 0.3) is 98.1 Å². The summed E-state index contributed by atoms with van der Waals surface area (Å²) in [4.78, 5) is 0. The topological polar surface area (TPSA) is 13.1 Å². The first-order valence-electron chi connectivity index (χ1n) is 15.3. The molecule has 44 heavy (non-hydrogen) atoms. The number of hydrogen-bond donors (Lipinski definition) is 0. The lowest BCUT2D eigenvalue weighted by Crippen LogP contribution is -1.88. The van der Waals surface area contributed by atoms with Gasteiger partial charge in [0.2, 0.25) is 0 Å². The van der Waals surface area contributed by atoms with E-state index < -0.39 is 0 Å². The van der Waals surface area contributed by atoms with Gasteiger partial charge in [0.15, 0.2) is 0 Å². The SMILES string of the molecule is Cc1cc(-c2ccc3ccc4cccc5ccc2c3c45)cc2c1oc1c(-c3cc4ccccc4c4ccccc34)cccc12. The van der Waals surface area contributed by atoms with Crippen LogP contribution in [0.3, 0.4) is 0 Å². The summed E-state index contributed by atoms with van der Waals surface area (Å²) in [5, 5.41) is 15.2. The number of furan rings is 1. The van der Waals surface area contributed by atoms with Gasteiger partial charge in [-0.3, -0.25) is 0 Å². The highest BCUT2D eigenvalue weighted by molar-refractivity contribution is 6.26. The highest BCUT2D eigenvalue weighted by atomic mass is 16.3. The molecule has 0 aliphatic rings. The van der Waals surface area contributed by atoms with Gasteiger partial charge in [0.05, 0.1) is 0 Å². The molecule has 0 radical (unpaired) electrons. The lowest BCUT2D eigenvalue weighted by Gasteiger charge is -2.14. The highest BCUT2D eigenvalue weighted by Gasteiger charge is 2.19. The Hall–Kier alpha value is -5.66. The molecule has 10 aromatic rings. The minimum absolute atomic E-state index is 0.943. The Kier molecular flexibility index (Phi) is 4.71. The van der Waals surface area contributed by atoms with Gasteiger partial charge in [0.25, 0.3) is 0 Å². The molecule has 204 valence electrons. The fraction of sp³-hybridized carbons (Fsp3) is 0.0233. The molecule has 1 aromatic heterocycles. The van der Waals surface area contributed by atoms with Gasteiger partial charge in [-0.2, -0.15) is 0 Å². The van der Waals surface area contributed by atoms with Crippen molar-refractivity contribution in [1.29, 1.82) is 0 Å². The highest BCUT2D eigenvalue weighted by Crippen LogP contribution is 2.44. The summed E-state index contributed by atoms with van der Waals surface area (Å²) < 4.78 is 6.80. The predicted molar refractivity (Wildman–Crippen MR) is 188 cm³/mol. The molecule has 0 atom stereocenters. The molecule has 0 N–H and O–H groups in total. The van der Waals surface area contributed by atoms with Gasteiger partial charge in [-0.25, -0.2) is 0 Å². The maximum Gasteiger partial charge on any atom is 0.143 e. The van der Waals surface area contributed by atoms with Crippen LogP contribution >= 0.6 is 0 Å². The number of benzene rings is 9. The van der Waals surface area contributed by atoms with Crippen LogP contribution in [-0.4, -0.2) is 0 Å². The Balaban J connectivity index is 1.25. The van der Waals surface area contributed by atoms with Gasteiger partial charge >= 0.3 is 0 Å². The molecule has 0 spiro atoms. The fourth-order valence-electron chi connectivity index (χ4n) is 7.70. The van der Waals surface area contributed by atoms with Gasteiger partial charge < -0.3 is 4.42 Å². The molecule has 0 saturated heterocycles. The minimum Gasteiger partial charge on any atom is -0.455 e. The average molecular weight is 559 g/mol. The molecular formula is C43H26O. The van der Waals surface area contributed by atoms with E-state index in [1.165, 1.54) is 70.6 Å². The number of hydrogen-bond acceptors (Lipinski definition) is 1. The van der Waals surface area contributed by atoms with Crippen LogP contribution < -0.4 is 0 Å². The van der Waals surface area contributed by atoms with Crippen molar-refractivity contribution < 1.29 is 4.42 Å². The number of fused-ring (bicyclic) bond motifs is 6. The summed E-state index contributed by atoms with van der Waals surface area (Å²) in [6.07, 6.45) is 0. The molecule has 9 aromatic carbocycles. The normalized spacial score (nSPS) is 12.2. The van der Waals surface area contributed by atoms with E-state index in [0.29, 0.717) is 0 Å². The predicted octanol–water partition coefficient (Wildman–Crippen LogP) is 12.4. The molecule has 1 heteroatoms. The first-order chi connectivity index (χ1) is 21.7. The van der Waals surface area contributed by atoms with Crippen molar-refractivity contribution in [2.24, 2.45) is 0 Å². The molecule has 0 amide bonds. The van der Waals surface area contributed by atoms with Crippen LogP contribution in [0.4, 0.5) is 0 Å². The van der Waals surface area contributed by atoms with Gasteiger partial charge in [0.1, 0.15) is 11.2 Å². The second-order valence-corrected chi connectivity index (χ2v) is 12.1. The summed E-state index contributed by atoms with van der Waals surface area (Å²) in [5.41, 5.74) is 7.85. The molecule has 0 bridgehead atoms. The van der Waals surface area contributed by atoms with E-state index in [2.05, 4.69) is 146 Å². The number of para-hydroxylation sites is 1. The van der Waals surface area contributed by atoms with E-state index in [0.717, 1.165) is 33.1 Å². The van der Waals surface area contributed by atoms with Gasteiger partial charge in [0, 0.05) is 16.3 Å². The van der Waals surface area contributed by atoms with Crippen LogP contribution in [0.5, 0.6) is 0 Å². The van der Waals surface area contributed by atoms with E-state index in [9.17, 15) is 0 Å². The lowest BCUT2D eigenvalue weighted by atomic mass is 9.89.